The molecule has 7 nitrogen and oxygen atoms in total. The van der Waals surface area contributed by atoms with Crippen molar-refractivity contribution in [1.82, 2.24) is 10.2 Å². The quantitative estimate of drug-likeness (QED) is 0.763. The van der Waals surface area contributed by atoms with Crippen molar-refractivity contribution < 1.29 is 23.1 Å². The lowest BCUT2D eigenvalue weighted by molar-refractivity contribution is -0.147. The van der Waals surface area contributed by atoms with Crippen LogP contribution in [0.25, 0.3) is 0 Å². The lowest BCUT2D eigenvalue weighted by atomic mass is 10.00. The van der Waals surface area contributed by atoms with E-state index < -0.39 is 33.4 Å². The van der Waals surface area contributed by atoms with Crippen molar-refractivity contribution in [1.29, 1.82) is 0 Å². The van der Waals surface area contributed by atoms with E-state index in [0.29, 0.717) is 19.4 Å². The van der Waals surface area contributed by atoms with Gasteiger partial charge in [-0.15, -0.1) is 0 Å². The van der Waals surface area contributed by atoms with Crippen LogP contribution in [-0.4, -0.2) is 60.6 Å². The standard InChI is InChI=1S/C11H20N2O5S/c1-8(7-19(3,17)18)12-10(16)13-6-4-5-11(13,2)9(14)15/h8H,4-7H2,1-3H3,(H,12,16)(H,14,15). The van der Waals surface area contributed by atoms with Crippen molar-refractivity contribution >= 4 is 21.8 Å². The summed E-state index contributed by atoms with van der Waals surface area (Å²) in [5.74, 6) is -1.22. The molecule has 1 saturated heterocycles. The van der Waals surface area contributed by atoms with Crippen LogP contribution in [0.4, 0.5) is 4.79 Å². The Balaban J connectivity index is 2.71. The number of nitrogens with zero attached hydrogens (tertiary/aromatic N) is 1. The fraction of sp³-hybridized carbons (Fsp3) is 0.818. The topological polar surface area (TPSA) is 104 Å². The molecule has 19 heavy (non-hydrogen) atoms. The summed E-state index contributed by atoms with van der Waals surface area (Å²) in [5.41, 5.74) is -1.21. The molecular formula is C11H20N2O5S. The molecule has 1 rings (SSSR count). The lowest BCUT2D eigenvalue weighted by Crippen LogP contribution is -2.56. The molecule has 2 N–H and O–H groups in total. The molecule has 0 aromatic heterocycles. The molecule has 8 heteroatoms. The van der Waals surface area contributed by atoms with Gasteiger partial charge in [0.1, 0.15) is 15.4 Å². The molecule has 2 unspecified atom stereocenters. The molecule has 0 aromatic rings. The van der Waals surface area contributed by atoms with Gasteiger partial charge in [-0.25, -0.2) is 18.0 Å². The van der Waals surface area contributed by atoms with Crippen LogP contribution >= 0.6 is 0 Å². The van der Waals surface area contributed by atoms with E-state index in [1.54, 1.807) is 6.92 Å². The Morgan fingerprint density at radius 2 is 2.05 bits per heavy atom. The van der Waals surface area contributed by atoms with E-state index in [1.165, 1.54) is 11.8 Å². The van der Waals surface area contributed by atoms with Crippen LogP contribution in [0.2, 0.25) is 0 Å². The number of rotatable bonds is 4. The Bertz CT molecular complexity index is 475. The second-order valence-corrected chi connectivity index (χ2v) is 7.46. The number of aliphatic carboxylic acids is 1. The molecule has 0 aliphatic carbocycles. The highest BCUT2D eigenvalue weighted by Gasteiger charge is 2.46. The van der Waals surface area contributed by atoms with Crippen LogP contribution in [-0.2, 0) is 14.6 Å². The van der Waals surface area contributed by atoms with Gasteiger partial charge < -0.3 is 15.3 Å². The normalized spacial score (nSPS) is 25.1. The van der Waals surface area contributed by atoms with Gasteiger partial charge in [-0.1, -0.05) is 0 Å². The van der Waals surface area contributed by atoms with Gasteiger partial charge in [-0.3, -0.25) is 0 Å². The summed E-state index contributed by atoms with van der Waals surface area (Å²) < 4.78 is 22.2. The number of hydrogen-bond donors (Lipinski definition) is 2. The maximum Gasteiger partial charge on any atom is 0.329 e. The van der Waals surface area contributed by atoms with Gasteiger partial charge in [0.25, 0.3) is 0 Å². The Kier molecular flexibility index (Phi) is 4.44. The molecule has 0 radical (unpaired) electrons. The summed E-state index contributed by atoms with van der Waals surface area (Å²) in [6.07, 6.45) is 2.11. The first kappa shape index (κ1) is 15.7. The maximum absolute atomic E-state index is 12.0. The molecule has 1 aliphatic heterocycles. The second kappa shape index (κ2) is 5.36. The van der Waals surface area contributed by atoms with Crippen molar-refractivity contribution in [3.8, 4) is 0 Å². The SMILES string of the molecule is CC(CS(C)(=O)=O)NC(=O)N1CCCC1(C)C(=O)O. The zero-order chi connectivity index (χ0) is 14.8. The Morgan fingerprint density at radius 1 is 1.47 bits per heavy atom. The molecule has 0 saturated carbocycles. The Labute approximate surface area is 112 Å². The van der Waals surface area contributed by atoms with Crippen molar-refractivity contribution in [3.63, 3.8) is 0 Å². The first-order valence-electron chi connectivity index (χ1n) is 6.05. The highest BCUT2D eigenvalue weighted by atomic mass is 32.2. The van der Waals surface area contributed by atoms with Crippen molar-refractivity contribution in [2.45, 2.75) is 38.3 Å². The van der Waals surface area contributed by atoms with Gasteiger partial charge in [-0.05, 0) is 26.7 Å². The van der Waals surface area contributed by atoms with Gasteiger partial charge in [0.05, 0.1) is 5.75 Å². The predicted molar refractivity (Wildman–Crippen MR) is 69.7 cm³/mol. The third-order valence-electron chi connectivity index (χ3n) is 3.27. The number of urea groups is 1. The van der Waals surface area contributed by atoms with Crippen LogP contribution in [0.5, 0.6) is 0 Å². The van der Waals surface area contributed by atoms with E-state index in [2.05, 4.69) is 5.32 Å². The van der Waals surface area contributed by atoms with Gasteiger partial charge in [0.2, 0.25) is 0 Å². The fourth-order valence-corrected chi connectivity index (χ4v) is 3.29. The number of carboxylic acids is 1. The molecule has 2 atom stereocenters. The van der Waals surface area contributed by atoms with E-state index in [0.717, 1.165) is 6.26 Å². The molecule has 1 heterocycles. The minimum absolute atomic E-state index is 0.170. The van der Waals surface area contributed by atoms with Crippen molar-refractivity contribution in [3.05, 3.63) is 0 Å². The monoisotopic (exact) mass is 292 g/mol. The minimum Gasteiger partial charge on any atom is -0.480 e. The molecular weight excluding hydrogens is 272 g/mol. The van der Waals surface area contributed by atoms with Crippen LogP contribution in [0.3, 0.4) is 0 Å². The van der Waals surface area contributed by atoms with Crippen molar-refractivity contribution in [2.75, 3.05) is 18.6 Å². The van der Waals surface area contributed by atoms with Crippen LogP contribution in [0.1, 0.15) is 26.7 Å². The summed E-state index contributed by atoms with van der Waals surface area (Å²) in [4.78, 5) is 24.5. The van der Waals surface area contributed by atoms with Crippen LogP contribution < -0.4 is 5.32 Å². The highest BCUT2D eigenvalue weighted by Crippen LogP contribution is 2.29. The molecule has 0 aromatic carbocycles. The van der Waals surface area contributed by atoms with E-state index in [-0.39, 0.29) is 5.75 Å². The van der Waals surface area contributed by atoms with Gasteiger partial charge in [-0.2, -0.15) is 0 Å². The molecule has 1 aliphatic rings. The highest BCUT2D eigenvalue weighted by molar-refractivity contribution is 7.90. The zero-order valence-electron chi connectivity index (χ0n) is 11.3. The summed E-state index contributed by atoms with van der Waals surface area (Å²) >= 11 is 0. The number of likely N-dealkylation sites (tertiary alicyclic amines) is 1. The van der Waals surface area contributed by atoms with E-state index >= 15 is 0 Å². The number of nitrogens with one attached hydrogen (secondary N) is 1. The van der Waals surface area contributed by atoms with Crippen molar-refractivity contribution in [2.24, 2.45) is 0 Å². The molecule has 110 valence electrons. The Hall–Kier alpha value is -1.31. The first-order chi connectivity index (χ1) is 8.56. The summed E-state index contributed by atoms with van der Waals surface area (Å²) in [6, 6.07) is -1.08. The third-order valence-corrected chi connectivity index (χ3v) is 4.38. The average Bonchev–Trinajstić information content (AvgIpc) is 2.58. The average molecular weight is 292 g/mol. The molecule has 0 bridgehead atoms. The minimum atomic E-state index is -3.19. The predicted octanol–water partition coefficient (Wildman–Crippen LogP) is 0.0682. The number of carboxylic acid groups (broad SMARTS) is 1. The molecule has 2 amide bonds. The zero-order valence-corrected chi connectivity index (χ0v) is 12.2. The second-order valence-electron chi connectivity index (χ2n) is 5.28. The lowest BCUT2D eigenvalue weighted by Gasteiger charge is -2.32. The summed E-state index contributed by atoms with van der Waals surface area (Å²) in [6.45, 7) is 3.44. The molecule has 1 fully saturated rings. The summed E-state index contributed by atoms with van der Waals surface area (Å²) in [7, 11) is -3.19. The van der Waals surface area contributed by atoms with E-state index in [9.17, 15) is 23.1 Å². The van der Waals surface area contributed by atoms with Gasteiger partial charge in [0, 0.05) is 18.8 Å². The fourth-order valence-electron chi connectivity index (χ4n) is 2.30. The van der Waals surface area contributed by atoms with Crippen LogP contribution in [0, 0.1) is 0 Å². The number of carbonyl (C=O) groups is 2. The number of sulfone groups is 1. The van der Waals surface area contributed by atoms with E-state index in [1.807, 2.05) is 0 Å². The van der Waals surface area contributed by atoms with Crippen LogP contribution in [0.15, 0.2) is 0 Å². The van der Waals surface area contributed by atoms with Gasteiger partial charge in [0.15, 0.2) is 0 Å². The largest absolute Gasteiger partial charge is 0.480 e. The third kappa shape index (κ3) is 3.82. The van der Waals surface area contributed by atoms with E-state index in [4.69, 9.17) is 0 Å². The number of hydrogen-bond acceptors (Lipinski definition) is 4. The Morgan fingerprint density at radius 3 is 2.53 bits per heavy atom. The number of amides is 2. The number of carbonyl (C=O) groups excluding carboxylic acids is 1. The van der Waals surface area contributed by atoms with Gasteiger partial charge >= 0.3 is 12.0 Å². The molecule has 0 spiro atoms. The first-order valence-corrected chi connectivity index (χ1v) is 8.11. The summed E-state index contributed by atoms with van der Waals surface area (Å²) in [5, 5.41) is 11.7. The smallest absolute Gasteiger partial charge is 0.329 e. The maximum atomic E-state index is 12.0.